The minimum Gasteiger partial charge on any atom is -0.337 e. The van der Waals surface area contributed by atoms with Crippen LogP contribution in [0.25, 0.3) is 0 Å². The standard InChI is InChI=1S/C17H23N3O2S/c21-16(12-14-5-2-6-18-14)19-15-4-1-3-13(11-15)17(22)20-7-9-23-10-8-20/h1,3-4,11,14,18H,2,5-10,12H2,(H,19,21). The van der Waals surface area contributed by atoms with Gasteiger partial charge < -0.3 is 15.5 Å². The number of rotatable bonds is 4. The number of hydrogen-bond acceptors (Lipinski definition) is 4. The van der Waals surface area contributed by atoms with E-state index < -0.39 is 0 Å². The van der Waals surface area contributed by atoms with Crippen molar-refractivity contribution in [1.29, 1.82) is 0 Å². The van der Waals surface area contributed by atoms with Crippen molar-refractivity contribution in [2.75, 3.05) is 36.5 Å². The number of nitrogens with one attached hydrogen (secondary N) is 2. The fraction of sp³-hybridized carbons (Fsp3) is 0.529. The fourth-order valence-corrected chi connectivity index (χ4v) is 3.95. The Hall–Kier alpha value is -1.53. The molecule has 0 radical (unpaired) electrons. The van der Waals surface area contributed by atoms with Gasteiger partial charge in [-0.1, -0.05) is 6.07 Å². The molecule has 1 aromatic carbocycles. The minimum absolute atomic E-state index is 0.00312. The van der Waals surface area contributed by atoms with Gasteiger partial charge in [0.1, 0.15) is 0 Å². The lowest BCUT2D eigenvalue weighted by atomic mass is 10.1. The zero-order valence-electron chi connectivity index (χ0n) is 13.2. The summed E-state index contributed by atoms with van der Waals surface area (Å²) in [6.45, 7) is 2.59. The van der Waals surface area contributed by atoms with E-state index in [9.17, 15) is 9.59 Å². The Kier molecular flexibility index (Phi) is 5.56. The second kappa shape index (κ2) is 7.84. The molecule has 6 heteroatoms. The lowest BCUT2D eigenvalue weighted by Crippen LogP contribution is -2.37. The molecule has 1 atom stereocenters. The lowest BCUT2D eigenvalue weighted by molar-refractivity contribution is -0.116. The highest BCUT2D eigenvalue weighted by Crippen LogP contribution is 2.17. The highest BCUT2D eigenvalue weighted by Gasteiger charge is 2.20. The first kappa shape index (κ1) is 16.3. The van der Waals surface area contributed by atoms with Crippen LogP contribution in [0.3, 0.4) is 0 Å². The van der Waals surface area contributed by atoms with E-state index in [4.69, 9.17) is 0 Å². The van der Waals surface area contributed by atoms with E-state index >= 15 is 0 Å². The maximum absolute atomic E-state index is 12.5. The van der Waals surface area contributed by atoms with Crippen LogP contribution in [0.1, 0.15) is 29.6 Å². The molecule has 0 aliphatic carbocycles. The number of benzene rings is 1. The summed E-state index contributed by atoms with van der Waals surface area (Å²) in [5.74, 6) is 2.05. The first-order chi connectivity index (χ1) is 11.2. The number of anilines is 1. The predicted octanol–water partition coefficient (Wildman–Crippen LogP) is 1.96. The van der Waals surface area contributed by atoms with E-state index in [0.717, 1.165) is 44.0 Å². The van der Waals surface area contributed by atoms with E-state index in [2.05, 4.69) is 10.6 Å². The molecule has 2 saturated heterocycles. The van der Waals surface area contributed by atoms with Crippen LogP contribution < -0.4 is 10.6 Å². The molecule has 0 bridgehead atoms. The SMILES string of the molecule is O=C(CC1CCCN1)Nc1cccc(C(=O)N2CCSCC2)c1. The highest BCUT2D eigenvalue weighted by molar-refractivity contribution is 7.99. The van der Waals surface area contributed by atoms with Gasteiger partial charge in [0.15, 0.2) is 0 Å². The van der Waals surface area contributed by atoms with Crippen molar-refractivity contribution < 1.29 is 9.59 Å². The Balaban J connectivity index is 1.60. The number of carbonyl (C=O) groups is 2. The number of thioether (sulfide) groups is 1. The normalized spacial score (nSPS) is 21.2. The first-order valence-corrected chi connectivity index (χ1v) is 9.38. The molecule has 2 aliphatic rings. The molecule has 23 heavy (non-hydrogen) atoms. The molecule has 0 aromatic heterocycles. The van der Waals surface area contributed by atoms with Gasteiger partial charge in [-0.15, -0.1) is 0 Å². The van der Waals surface area contributed by atoms with Crippen molar-refractivity contribution >= 4 is 29.3 Å². The third-order valence-electron chi connectivity index (χ3n) is 4.29. The van der Waals surface area contributed by atoms with Crippen LogP contribution in [0.2, 0.25) is 0 Å². The second-order valence-electron chi connectivity index (χ2n) is 6.03. The molecule has 2 aliphatic heterocycles. The van der Waals surface area contributed by atoms with Gasteiger partial charge in [0, 0.05) is 48.3 Å². The molecule has 5 nitrogen and oxygen atoms in total. The Bertz CT molecular complexity index is 567. The maximum Gasteiger partial charge on any atom is 0.253 e. The van der Waals surface area contributed by atoms with Crippen LogP contribution in [0.5, 0.6) is 0 Å². The summed E-state index contributed by atoms with van der Waals surface area (Å²) in [4.78, 5) is 26.5. The Morgan fingerprint density at radius 3 is 2.87 bits per heavy atom. The summed E-state index contributed by atoms with van der Waals surface area (Å²) in [7, 11) is 0. The van der Waals surface area contributed by atoms with Gasteiger partial charge in [0.2, 0.25) is 5.91 Å². The first-order valence-electron chi connectivity index (χ1n) is 8.23. The van der Waals surface area contributed by atoms with Crippen molar-refractivity contribution in [3.05, 3.63) is 29.8 Å². The Morgan fingerprint density at radius 2 is 2.13 bits per heavy atom. The second-order valence-corrected chi connectivity index (χ2v) is 7.26. The van der Waals surface area contributed by atoms with Crippen LogP contribution >= 0.6 is 11.8 Å². The number of nitrogens with zero attached hydrogens (tertiary/aromatic N) is 1. The van der Waals surface area contributed by atoms with Crippen LogP contribution in [0.4, 0.5) is 5.69 Å². The predicted molar refractivity (Wildman–Crippen MR) is 93.9 cm³/mol. The van der Waals surface area contributed by atoms with Crippen LogP contribution in [-0.4, -0.2) is 53.9 Å². The van der Waals surface area contributed by atoms with Crippen molar-refractivity contribution in [1.82, 2.24) is 10.2 Å². The molecule has 2 fully saturated rings. The summed E-state index contributed by atoms with van der Waals surface area (Å²) in [6.07, 6.45) is 2.68. The van der Waals surface area contributed by atoms with E-state index in [1.165, 1.54) is 0 Å². The van der Waals surface area contributed by atoms with Crippen molar-refractivity contribution in [2.24, 2.45) is 0 Å². The summed E-state index contributed by atoms with van der Waals surface area (Å²) in [5, 5.41) is 6.24. The van der Waals surface area contributed by atoms with Crippen molar-refractivity contribution in [3.8, 4) is 0 Å². The number of hydrogen-bond donors (Lipinski definition) is 2. The molecular weight excluding hydrogens is 310 g/mol. The molecule has 2 N–H and O–H groups in total. The largest absolute Gasteiger partial charge is 0.337 e. The summed E-state index contributed by atoms with van der Waals surface area (Å²) in [5.41, 5.74) is 1.35. The van der Waals surface area contributed by atoms with E-state index in [-0.39, 0.29) is 17.9 Å². The molecule has 1 aromatic rings. The number of amides is 2. The van der Waals surface area contributed by atoms with Gasteiger partial charge in [-0.05, 0) is 37.6 Å². The van der Waals surface area contributed by atoms with Gasteiger partial charge in [0.25, 0.3) is 5.91 Å². The fourth-order valence-electron chi connectivity index (χ4n) is 3.05. The van der Waals surface area contributed by atoms with Gasteiger partial charge in [-0.25, -0.2) is 0 Å². The molecular formula is C17H23N3O2S. The average Bonchev–Trinajstić information content (AvgIpc) is 3.08. The van der Waals surface area contributed by atoms with Gasteiger partial charge in [-0.3, -0.25) is 9.59 Å². The van der Waals surface area contributed by atoms with Gasteiger partial charge in [0.05, 0.1) is 0 Å². The molecule has 2 amide bonds. The van der Waals surface area contributed by atoms with Gasteiger partial charge in [-0.2, -0.15) is 11.8 Å². The minimum atomic E-state index is 0.00312. The molecule has 3 rings (SSSR count). The Morgan fingerprint density at radius 1 is 1.30 bits per heavy atom. The zero-order valence-corrected chi connectivity index (χ0v) is 14.0. The third kappa shape index (κ3) is 4.48. The van der Waals surface area contributed by atoms with E-state index in [1.807, 2.05) is 34.9 Å². The van der Waals surface area contributed by atoms with E-state index in [0.29, 0.717) is 17.7 Å². The average molecular weight is 333 g/mol. The monoisotopic (exact) mass is 333 g/mol. The smallest absolute Gasteiger partial charge is 0.253 e. The van der Waals surface area contributed by atoms with Crippen LogP contribution in [0, 0.1) is 0 Å². The van der Waals surface area contributed by atoms with Gasteiger partial charge >= 0.3 is 0 Å². The molecule has 2 heterocycles. The van der Waals surface area contributed by atoms with Crippen molar-refractivity contribution in [2.45, 2.75) is 25.3 Å². The quantitative estimate of drug-likeness (QED) is 0.884. The molecule has 0 spiro atoms. The third-order valence-corrected chi connectivity index (χ3v) is 5.23. The zero-order chi connectivity index (χ0) is 16.1. The lowest BCUT2D eigenvalue weighted by Gasteiger charge is -2.26. The van der Waals surface area contributed by atoms with Crippen molar-refractivity contribution in [3.63, 3.8) is 0 Å². The summed E-state index contributed by atoms with van der Waals surface area (Å²) in [6, 6.07) is 7.55. The highest BCUT2D eigenvalue weighted by atomic mass is 32.2. The maximum atomic E-state index is 12.5. The Labute approximate surface area is 141 Å². The van der Waals surface area contributed by atoms with E-state index in [1.54, 1.807) is 6.07 Å². The van der Waals surface area contributed by atoms with Crippen LogP contribution in [-0.2, 0) is 4.79 Å². The molecule has 0 saturated carbocycles. The topological polar surface area (TPSA) is 61.4 Å². The summed E-state index contributed by atoms with van der Waals surface area (Å²) < 4.78 is 0. The molecule has 124 valence electrons. The van der Waals surface area contributed by atoms with Crippen LogP contribution in [0.15, 0.2) is 24.3 Å². The summed E-state index contributed by atoms with van der Waals surface area (Å²) >= 11 is 1.88. The number of carbonyl (C=O) groups excluding carboxylic acids is 2. The molecule has 1 unspecified atom stereocenters.